The summed E-state index contributed by atoms with van der Waals surface area (Å²) in [5.41, 5.74) is 6.43. The Labute approximate surface area is 120 Å². The van der Waals surface area contributed by atoms with E-state index in [9.17, 15) is 13.2 Å². The van der Waals surface area contributed by atoms with Crippen molar-refractivity contribution in [2.45, 2.75) is 12.7 Å². The molecular formula is C15H15F3N2O. The summed E-state index contributed by atoms with van der Waals surface area (Å²) in [5.74, 6) is 0.892. The highest BCUT2D eigenvalue weighted by Gasteiger charge is 2.30. The van der Waals surface area contributed by atoms with Gasteiger partial charge in [0.2, 0.25) is 0 Å². The number of halogens is 3. The third-order valence-electron chi connectivity index (χ3n) is 2.86. The molecule has 0 heterocycles. The first-order valence-electron chi connectivity index (χ1n) is 6.28. The van der Waals surface area contributed by atoms with Crippen LogP contribution < -0.4 is 15.8 Å². The summed E-state index contributed by atoms with van der Waals surface area (Å²) >= 11 is 0. The highest BCUT2D eigenvalue weighted by atomic mass is 19.4. The van der Waals surface area contributed by atoms with Crippen LogP contribution in [0, 0.1) is 0 Å². The Morgan fingerprint density at radius 3 is 2.33 bits per heavy atom. The van der Waals surface area contributed by atoms with Gasteiger partial charge in [0.15, 0.2) is 0 Å². The SMILES string of the molecule is CNCc1cc(N)ccc1Oc1ccc(C(F)(F)F)cc1. The summed E-state index contributed by atoms with van der Waals surface area (Å²) in [7, 11) is 1.78. The number of anilines is 1. The number of rotatable bonds is 4. The summed E-state index contributed by atoms with van der Waals surface area (Å²) in [5, 5.41) is 2.98. The van der Waals surface area contributed by atoms with Crippen LogP contribution in [0.15, 0.2) is 42.5 Å². The van der Waals surface area contributed by atoms with E-state index in [1.807, 2.05) is 0 Å². The topological polar surface area (TPSA) is 47.3 Å². The first-order chi connectivity index (χ1) is 9.90. The van der Waals surface area contributed by atoms with Crippen molar-refractivity contribution in [3.8, 4) is 11.5 Å². The Hall–Kier alpha value is -2.21. The van der Waals surface area contributed by atoms with E-state index in [1.54, 1.807) is 25.2 Å². The largest absolute Gasteiger partial charge is 0.457 e. The van der Waals surface area contributed by atoms with Gasteiger partial charge in [-0.2, -0.15) is 13.2 Å². The van der Waals surface area contributed by atoms with Crippen LogP contribution in [0.1, 0.15) is 11.1 Å². The molecule has 0 aliphatic heterocycles. The zero-order chi connectivity index (χ0) is 15.5. The monoisotopic (exact) mass is 296 g/mol. The quantitative estimate of drug-likeness (QED) is 0.844. The molecule has 21 heavy (non-hydrogen) atoms. The minimum absolute atomic E-state index is 0.338. The normalized spacial score (nSPS) is 11.4. The first kappa shape index (κ1) is 15.2. The predicted octanol–water partition coefficient (Wildman–Crippen LogP) is 3.80. The zero-order valence-corrected chi connectivity index (χ0v) is 11.4. The highest BCUT2D eigenvalue weighted by Crippen LogP contribution is 2.32. The van der Waals surface area contributed by atoms with Gasteiger partial charge in [0, 0.05) is 17.8 Å². The van der Waals surface area contributed by atoms with Crippen LogP contribution >= 0.6 is 0 Å². The third kappa shape index (κ3) is 3.88. The summed E-state index contributed by atoms with van der Waals surface area (Å²) in [6.45, 7) is 0.543. The predicted molar refractivity (Wildman–Crippen MR) is 75.1 cm³/mol. The fourth-order valence-electron chi connectivity index (χ4n) is 1.87. The molecule has 0 spiro atoms. The minimum atomic E-state index is -4.35. The maximum Gasteiger partial charge on any atom is 0.416 e. The molecule has 6 heteroatoms. The molecule has 0 saturated carbocycles. The molecule has 0 atom stereocenters. The molecule has 0 saturated heterocycles. The van der Waals surface area contributed by atoms with E-state index >= 15 is 0 Å². The number of hydrogen-bond donors (Lipinski definition) is 2. The Balaban J connectivity index is 2.22. The molecule has 0 bridgehead atoms. The van der Waals surface area contributed by atoms with Gasteiger partial charge in [-0.15, -0.1) is 0 Å². The standard InChI is InChI=1S/C15H15F3N2O/c1-20-9-10-8-12(19)4-7-14(10)21-13-5-2-11(3-6-13)15(16,17)18/h2-8,20H,9,19H2,1H3. The maximum absolute atomic E-state index is 12.5. The summed E-state index contributed by atoms with van der Waals surface area (Å²) in [4.78, 5) is 0. The van der Waals surface area contributed by atoms with Gasteiger partial charge in [0.1, 0.15) is 11.5 Å². The molecule has 3 N–H and O–H groups in total. The van der Waals surface area contributed by atoms with Crippen LogP contribution in [0.2, 0.25) is 0 Å². The molecule has 2 aromatic carbocycles. The van der Waals surface area contributed by atoms with E-state index in [-0.39, 0.29) is 0 Å². The van der Waals surface area contributed by atoms with Gasteiger partial charge in [0.25, 0.3) is 0 Å². The van der Waals surface area contributed by atoms with Gasteiger partial charge in [-0.1, -0.05) is 0 Å². The van der Waals surface area contributed by atoms with Crippen molar-refractivity contribution in [1.29, 1.82) is 0 Å². The average molecular weight is 296 g/mol. The maximum atomic E-state index is 12.5. The van der Waals surface area contributed by atoms with E-state index in [0.717, 1.165) is 17.7 Å². The molecule has 0 amide bonds. The van der Waals surface area contributed by atoms with Crippen molar-refractivity contribution in [2.24, 2.45) is 0 Å². The second-order valence-electron chi connectivity index (χ2n) is 4.52. The molecule has 2 rings (SSSR count). The van der Waals surface area contributed by atoms with Gasteiger partial charge in [0.05, 0.1) is 5.56 Å². The Kier molecular flexibility index (Phi) is 4.37. The number of nitrogen functional groups attached to an aromatic ring is 1. The van der Waals surface area contributed by atoms with E-state index in [4.69, 9.17) is 10.5 Å². The van der Waals surface area contributed by atoms with Crippen LogP contribution in [0.3, 0.4) is 0 Å². The highest BCUT2D eigenvalue weighted by molar-refractivity contribution is 5.49. The molecule has 3 nitrogen and oxygen atoms in total. The molecule has 0 fully saturated rings. The minimum Gasteiger partial charge on any atom is -0.457 e. The number of benzene rings is 2. The van der Waals surface area contributed by atoms with Crippen molar-refractivity contribution in [1.82, 2.24) is 5.32 Å². The Bertz CT molecular complexity index is 609. The van der Waals surface area contributed by atoms with E-state index in [0.29, 0.717) is 23.7 Å². The van der Waals surface area contributed by atoms with E-state index in [2.05, 4.69) is 5.32 Å². The number of hydrogen-bond acceptors (Lipinski definition) is 3. The van der Waals surface area contributed by atoms with Gasteiger partial charge in [-0.05, 0) is 49.5 Å². The molecule has 2 aromatic rings. The second kappa shape index (κ2) is 6.05. The van der Waals surface area contributed by atoms with Crippen LogP contribution in [0.25, 0.3) is 0 Å². The van der Waals surface area contributed by atoms with Crippen molar-refractivity contribution in [2.75, 3.05) is 12.8 Å². The van der Waals surface area contributed by atoms with Gasteiger partial charge in [-0.25, -0.2) is 0 Å². The molecular weight excluding hydrogens is 281 g/mol. The summed E-state index contributed by atoms with van der Waals surface area (Å²) in [6, 6.07) is 9.70. The van der Waals surface area contributed by atoms with Crippen LogP contribution in [0.4, 0.5) is 18.9 Å². The lowest BCUT2D eigenvalue weighted by Gasteiger charge is -2.13. The number of nitrogens with one attached hydrogen (secondary N) is 1. The fourth-order valence-corrected chi connectivity index (χ4v) is 1.87. The van der Waals surface area contributed by atoms with Gasteiger partial charge in [-0.3, -0.25) is 0 Å². The number of alkyl halides is 3. The van der Waals surface area contributed by atoms with Crippen molar-refractivity contribution >= 4 is 5.69 Å². The summed E-state index contributed by atoms with van der Waals surface area (Å²) in [6.07, 6.45) is -4.35. The fraction of sp³-hybridized carbons (Fsp3) is 0.200. The lowest BCUT2D eigenvalue weighted by atomic mass is 10.1. The van der Waals surface area contributed by atoms with Crippen LogP contribution in [-0.4, -0.2) is 7.05 Å². The smallest absolute Gasteiger partial charge is 0.416 e. The van der Waals surface area contributed by atoms with Crippen molar-refractivity contribution in [3.63, 3.8) is 0 Å². The lowest BCUT2D eigenvalue weighted by Crippen LogP contribution is -2.07. The van der Waals surface area contributed by atoms with Crippen molar-refractivity contribution in [3.05, 3.63) is 53.6 Å². The summed E-state index contributed by atoms with van der Waals surface area (Å²) < 4.78 is 43.1. The van der Waals surface area contributed by atoms with Gasteiger partial charge < -0.3 is 15.8 Å². The van der Waals surface area contributed by atoms with Crippen LogP contribution in [0.5, 0.6) is 11.5 Å². The Morgan fingerprint density at radius 1 is 1.10 bits per heavy atom. The number of ether oxygens (including phenoxy) is 1. The van der Waals surface area contributed by atoms with Crippen LogP contribution in [-0.2, 0) is 12.7 Å². The van der Waals surface area contributed by atoms with E-state index in [1.165, 1.54) is 12.1 Å². The molecule has 0 radical (unpaired) electrons. The molecule has 112 valence electrons. The molecule has 0 aliphatic carbocycles. The third-order valence-corrected chi connectivity index (χ3v) is 2.86. The zero-order valence-electron chi connectivity index (χ0n) is 11.4. The molecule has 0 aliphatic rings. The molecule has 0 unspecified atom stereocenters. The average Bonchev–Trinajstić information content (AvgIpc) is 2.42. The number of nitrogens with two attached hydrogens (primary N) is 1. The Morgan fingerprint density at radius 2 is 1.76 bits per heavy atom. The van der Waals surface area contributed by atoms with E-state index < -0.39 is 11.7 Å². The molecule has 0 aromatic heterocycles. The van der Waals surface area contributed by atoms with Gasteiger partial charge >= 0.3 is 6.18 Å². The second-order valence-corrected chi connectivity index (χ2v) is 4.52. The first-order valence-corrected chi connectivity index (χ1v) is 6.28. The lowest BCUT2D eigenvalue weighted by molar-refractivity contribution is -0.137. The van der Waals surface area contributed by atoms with Crippen molar-refractivity contribution < 1.29 is 17.9 Å².